The maximum Gasteiger partial charge on any atom is 0.136 e. The molecule has 2 atom stereocenters. The molecular formula is C19H25N3O2. The van der Waals surface area contributed by atoms with Gasteiger partial charge in [-0.1, -0.05) is 12.1 Å². The number of hydrogen-bond acceptors (Lipinski definition) is 4. The Morgan fingerprint density at radius 1 is 1.29 bits per heavy atom. The van der Waals surface area contributed by atoms with Gasteiger partial charge in [-0.3, -0.25) is 0 Å². The Labute approximate surface area is 142 Å². The van der Waals surface area contributed by atoms with Crippen LogP contribution >= 0.6 is 0 Å². The number of aromatic nitrogens is 2. The third kappa shape index (κ3) is 3.09. The molecule has 128 valence electrons. The van der Waals surface area contributed by atoms with E-state index in [2.05, 4.69) is 29.8 Å². The summed E-state index contributed by atoms with van der Waals surface area (Å²) in [6.07, 6.45) is 0. The second-order valence-electron chi connectivity index (χ2n) is 6.49. The molecule has 3 rings (SSSR count). The number of aliphatic hydroxyl groups is 1. The second-order valence-corrected chi connectivity index (χ2v) is 6.49. The number of nitrogens with zero attached hydrogens (tertiary/aromatic N) is 2. The summed E-state index contributed by atoms with van der Waals surface area (Å²) in [5.41, 5.74) is 1.07. The highest BCUT2D eigenvalue weighted by Gasteiger charge is 2.28. The maximum atomic E-state index is 10.7. The third-order valence-electron chi connectivity index (χ3n) is 4.41. The molecule has 0 radical (unpaired) electrons. The molecule has 2 unspecified atom stereocenters. The van der Waals surface area contributed by atoms with E-state index < -0.39 is 5.60 Å². The SMILES string of the molecule is CCn1c(C(C)NCC(C)(O)c2ccc(C)o2)nc2ccccc21. The third-order valence-corrected chi connectivity index (χ3v) is 4.41. The number of para-hydroxylation sites is 2. The smallest absolute Gasteiger partial charge is 0.136 e. The van der Waals surface area contributed by atoms with Gasteiger partial charge in [-0.25, -0.2) is 4.98 Å². The average Bonchev–Trinajstić information content (AvgIpc) is 3.16. The topological polar surface area (TPSA) is 63.2 Å². The molecule has 0 spiro atoms. The van der Waals surface area contributed by atoms with Crippen molar-refractivity contribution in [1.29, 1.82) is 0 Å². The minimum atomic E-state index is -1.06. The van der Waals surface area contributed by atoms with Crippen LogP contribution in [0.3, 0.4) is 0 Å². The van der Waals surface area contributed by atoms with Crippen LogP contribution < -0.4 is 5.32 Å². The zero-order valence-corrected chi connectivity index (χ0v) is 14.7. The van der Waals surface area contributed by atoms with E-state index in [0.717, 1.165) is 29.2 Å². The summed E-state index contributed by atoms with van der Waals surface area (Å²) >= 11 is 0. The molecule has 0 fully saturated rings. The summed E-state index contributed by atoms with van der Waals surface area (Å²) in [5.74, 6) is 2.35. The zero-order chi connectivity index (χ0) is 17.3. The van der Waals surface area contributed by atoms with Gasteiger partial charge in [-0.05, 0) is 52.0 Å². The molecule has 2 heterocycles. The van der Waals surface area contributed by atoms with Crippen LogP contribution in [-0.4, -0.2) is 21.2 Å². The molecule has 0 saturated carbocycles. The van der Waals surface area contributed by atoms with Crippen molar-refractivity contribution in [1.82, 2.24) is 14.9 Å². The highest BCUT2D eigenvalue weighted by atomic mass is 16.4. The summed E-state index contributed by atoms with van der Waals surface area (Å²) in [5, 5.41) is 14.1. The number of imidazole rings is 1. The summed E-state index contributed by atoms with van der Waals surface area (Å²) < 4.78 is 7.78. The predicted molar refractivity (Wildman–Crippen MR) is 94.8 cm³/mol. The summed E-state index contributed by atoms with van der Waals surface area (Å²) in [7, 11) is 0. The Hall–Kier alpha value is -2.11. The van der Waals surface area contributed by atoms with Gasteiger partial charge < -0.3 is 19.4 Å². The van der Waals surface area contributed by atoms with Crippen LogP contribution in [0.25, 0.3) is 11.0 Å². The lowest BCUT2D eigenvalue weighted by Crippen LogP contribution is -2.37. The van der Waals surface area contributed by atoms with Gasteiger partial charge in [-0.15, -0.1) is 0 Å². The monoisotopic (exact) mass is 327 g/mol. The first-order valence-electron chi connectivity index (χ1n) is 8.40. The lowest BCUT2D eigenvalue weighted by atomic mass is 10.0. The lowest BCUT2D eigenvalue weighted by Gasteiger charge is -2.24. The summed E-state index contributed by atoms with van der Waals surface area (Å²) in [6, 6.07) is 11.8. The van der Waals surface area contributed by atoms with Gasteiger partial charge in [-0.2, -0.15) is 0 Å². The normalized spacial score (nSPS) is 15.5. The molecule has 0 amide bonds. The number of rotatable bonds is 6. The van der Waals surface area contributed by atoms with E-state index in [9.17, 15) is 5.11 Å². The number of nitrogens with one attached hydrogen (secondary N) is 1. The van der Waals surface area contributed by atoms with Crippen molar-refractivity contribution in [3.8, 4) is 0 Å². The average molecular weight is 327 g/mol. The van der Waals surface area contributed by atoms with Crippen molar-refractivity contribution >= 4 is 11.0 Å². The molecule has 1 aromatic carbocycles. The van der Waals surface area contributed by atoms with E-state index in [4.69, 9.17) is 9.40 Å². The molecule has 2 aromatic heterocycles. The van der Waals surface area contributed by atoms with Crippen molar-refractivity contribution in [3.63, 3.8) is 0 Å². The fourth-order valence-electron chi connectivity index (χ4n) is 3.01. The summed E-state index contributed by atoms with van der Waals surface area (Å²) in [6.45, 7) is 9.06. The van der Waals surface area contributed by atoms with E-state index in [1.165, 1.54) is 0 Å². The fraction of sp³-hybridized carbons (Fsp3) is 0.421. The van der Waals surface area contributed by atoms with Crippen molar-refractivity contribution in [2.24, 2.45) is 0 Å². The molecule has 24 heavy (non-hydrogen) atoms. The van der Waals surface area contributed by atoms with Crippen LogP contribution in [0.1, 0.15) is 44.2 Å². The largest absolute Gasteiger partial charge is 0.463 e. The molecule has 3 aromatic rings. The minimum Gasteiger partial charge on any atom is -0.463 e. The molecule has 0 aliphatic heterocycles. The van der Waals surface area contributed by atoms with E-state index in [-0.39, 0.29) is 6.04 Å². The van der Waals surface area contributed by atoms with Crippen LogP contribution in [0, 0.1) is 6.92 Å². The predicted octanol–water partition coefficient (Wildman–Crippen LogP) is 3.52. The van der Waals surface area contributed by atoms with Crippen LogP contribution in [0.5, 0.6) is 0 Å². The highest BCUT2D eigenvalue weighted by molar-refractivity contribution is 5.76. The molecule has 0 saturated heterocycles. The number of benzene rings is 1. The van der Waals surface area contributed by atoms with Gasteiger partial charge in [0.1, 0.15) is 22.9 Å². The van der Waals surface area contributed by atoms with Crippen LogP contribution in [0.15, 0.2) is 40.8 Å². The quantitative estimate of drug-likeness (QED) is 0.727. The van der Waals surface area contributed by atoms with E-state index in [1.807, 2.05) is 37.3 Å². The second kappa shape index (κ2) is 6.42. The fourth-order valence-corrected chi connectivity index (χ4v) is 3.01. The Morgan fingerprint density at radius 3 is 2.71 bits per heavy atom. The van der Waals surface area contributed by atoms with Crippen molar-refractivity contribution < 1.29 is 9.52 Å². The summed E-state index contributed by atoms with van der Waals surface area (Å²) in [4.78, 5) is 4.76. The lowest BCUT2D eigenvalue weighted by molar-refractivity contribution is 0.0309. The Morgan fingerprint density at radius 2 is 2.04 bits per heavy atom. The molecule has 0 aliphatic carbocycles. The van der Waals surface area contributed by atoms with Crippen LogP contribution in [0.2, 0.25) is 0 Å². The molecule has 2 N–H and O–H groups in total. The molecular weight excluding hydrogens is 302 g/mol. The number of fused-ring (bicyclic) bond motifs is 1. The molecule has 0 aliphatic rings. The van der Waals surface area contributed by atoms with Gasteiger partial charge in [0.05, 0.1) is 17.1 Å². The van der Waals surface area contributed by atoms with Gasteiger partial charge in [0, 0.05) is 13.1 Å². The zero-order valence-electron chi connectivity index (χ0n) is 14.7. The van der Waals surface area contributed by atoms with E-state index in [0.29, 0.717) is 12.3 Å². The highest BCUT2D eigenvalue weighted by Crippen LogP contribution is 2.24. The Bertz CT molecular complexity index is 832. The number of hydrogen-bond donors (Lipinski definition) is 2. The van der Waals surface area contributed by atoms with Gasteiger partial charge in [0.25, 0.3) is 0 Å². The first kappa shape index (κ1) is 16.7. The van der Waals surface area contributed by atoms with Gasteiger partial charge in [0.2, 0.25) is 0 Å². The molecule has 5 nitrogen and oxygen atoms in total. The molecule has 5 heteroatoms. The van der Waals surface area contributed by atoms with Gasteiger partial charge >= 0.3 is 0 Å². The molecule has 0 bridgehead atoms. The van der Waals surface area contributed by atoms with Gasteiger partial charge in [0.15, 0.2) is 0 Å². The first-order chi connectivity index (χ1) is 11.4. The number of aryl methyl sites for hydroxylation is 2. The van der Waals surface area contributed by atoms with Crippen molar-refractivity contribution in [3.05, 3.63) is 53.7 Å². The first-order valence-corrected chi connectivity index (χ1v) is 8.40. The number of furan rings is 1. The van der Waals surface area contributed by atoms with Crippen LogP contribution in [-0.2, 0) is 12.1 Å². The van der Waals surface area contributed by atoms with Crippen molar-refractivity contribution in [2.45, 2.75) is 45.9 Å². The maximum absolute atomic E-state index is 10.7. The minimum absolute atomic E-state index is 0.0138. The van der Waals surface area contributed by atoms with E-state index >= 15 is 0 Å². The van der Waals surface area contributed by atoms with Crippen molar-refractivity contribution in [2.75, 3.05) is 6.54 Å². The Balaban J connectivity index is 1.79. The standard InChI is InChI=1S/C19H25N3O2/c1-5-22-16-9-7-6-8-15(16)21-18(22)14(3)20-12-19(4,23)17-11-10-13(2)24-17/h6-11,14,20,23H,5,12H2,1-4H3. The van der Waals surface area contributed by atoms with E-state index in [1.54, 1.807) is 6.92 Å². The Kier molecular flexibility index (Phi) is 4.47. The van der Waals surface area contributed by atoms with Crippen LogP contribution in [0.4, 0.5) is 0 Å².